The SMILES string of the molecule is CCC1(c2ccccc2)NC(=O)N(CC(=O)NCCC(c2ccccc2)c2ccccc2)C1=O. The van der Waals surface area contributed by atoms with Crippen LogP contribution in [0.5, 0.6) is 0 Å². The molecule has 3 aromatic carbocycles. The lowest BCUT2D eigenvalue weighted by atomic mass is 9.87. The van der Waals surface area contributed by atoms with Gasteiger partial charge in [-0.1, -0.05) is 97.9 Å². The van der Waals surface area contributed by atoms with Gasteiger partial charge in [0.1, 0.15) is 12.1 Å². The molecule has 1 aliphatic heterocycles. The third kappa shape index (κ3) is 4.71. The predicted octanol–water partition coefficient (Wildman–Crippen LogP) is 4.18. The van der Waals surface area contributed by atoms with E-state index >= 15 is 0 Å². The number of nitrogens with one attached hydrogen (secondary N) is 2. The van der Waals surface area contributed by atoms with Gasteiger partial charge in [0.2, 0.25) is 5.91 Å². The van der Waals surface area contributed by atoms with Crippen molar-refractivity contribution in [1.29, 1.82) is 0 Å². The monoisotopic (exact) mass is 455 g/mol. The fourth-order valence-corrected chi connectivity index (χ4v) is 4.58. The van der Waals surface area contributed by atoms with Gasteiger partial charge in [0, 0.05) is 12.5 Å². The van der Waals surface area contributed by atoms with Gasteiger partial charge in [-0.2, -0.15) is 0 Å². The Bertz CT molecular complexity index is 1100. The van der Waals surface area contributed by atoms with Crippen molar-refractivity contribution in [3.63, 3.8) is 0 Å². The molecule has 0 radical (unpaired) electrons. The number of hydrogen-bond acceptors (Lipinski definition) is 3. The van der Waals surface area contributed by atoms with Crippen LogP contribution >= 0.6 is 0 Å². The van der Waals surface area contributed by atoms with Gasteiger partial charge in [-0.25, -0.2) is 4.79 Å². The second-order valence-electron chi connectivity index (χ2n) is 8.46. The minimum atomic E-state index is -1.13. The van der Waals surface area contributed by atoms with Crippen LogP contribution in [0.1, 0.15) is 42.4 Å². The molecule has 6 nitrogen and oxygen atoms in total. The molecule has 34 heavy (non-hydrogen) atoms. The van der Waals surface area contributed by atoms with E-state index in [1.54, 1.807) is 0 Å². The van der Waals surface area contributed by atoms with Crippen molar-refractivity contribution in [2.75, 3.05) is 13.1 Å². The summed E-state index contributed by atoms with van der Waals surface area (Å²) in [6.45, 7) is 1.97. The summed E-state index contributed by atoms with van der Waals surface area (Å²) in [6.07, 6.45) is 1.10. The van der Waals surface area contributed by atoms with Crippen molar-refractivity contribution < 1.29 is 14.4 Å². The van der Waals surface area contributed by atoms with Crippen LogP contribution in [0.15, 0.2) is 91.0 Å². The number of benzene rings is 3. The molecule has 1 heterocycles. The molecule has 1 saturated heterocycles. The zero-order valence-electron chi connectivity index (χ0n) is 19.2. The first-order valence-electron chi connectivity index (χ1n) is 11.6. The minimum Gasteiger partial charge on any atom is -0.355 e. The van der Waals surface area contributed by atoms with Crippen molar-refractivity contribution in [1.82, 2.24) is 15.5 Å². The molecule has 174 valence electrons. The number of amides is 4. The molecule has 1 unspecified atom stereocenters. The molecule has 4 amide bonds. The summed E-state index contributed by atoms with van der Waals surface area (Å²) in [5.74, 6) is -0.624. The maximum Gasteiger partial charge on any atom is 0.325 e. The van der Waals surface area contributed by atoms with E-state index in [2.05, 4.69) is 34.9 Å². The Kier molecular flexibility index (Phi) is 7.07. The first kappa shape index (κ1) is 23.2. The predicted molar refractivity (Wildman–Crippen MR) is 131 cm³/mol. The van der Waals surface area contributed by atoms with Gasteiger partial charge in [0.25, 0.3) is 5.91 Å². The third-order valence-corrected chi connectivity index (χ3v) is 6.43. The second kappa shape index (κ2) is 10.3. The largest absolute Gasteiger partial charge is 0.355 e. The maximum absolute atomic E-state index is 13.2. The van der Waals surface area contributed by atoms with E-state index in [4.69, 9.17) is 0 Å². The number of urea groups is 1. The van der Waals surface area contributed by atoms with Gasteiger partial charge in [-0.3, -0.25) is 14.5 Å². The van der Waals surface area contributed by atoms with Crippen LogP contribution in [0.25, 0.3) is 0 Å². The smallest absolute Gasteiger partial charge is 0.325 e. The van der Waals surface area contributed by atoms with E-state index in [-0.39, 0.29) is 18.4 Å². The Hall–Kier alpha value is -3.93. The van der Waals surface area contributed by atoms with E-state index in [1.807, 2.05) is 73.7 Å². The quantitative estimate of drug-likeness (QED) is 0.475. The molecule has 0 saturated carbocycles. The number of carbonyl (C=O) groups excluding carboxylic acids is 3. The summed E-state index contributed by atoms with van der Waals surface area (Å²) in [5, 5.41) is 5.71. The summed E-state index contributed by atoms with van der Waals surface area (Å²) >= 11 is 0. The summed E-state index contributed by atoms with van der Waals surface area (Å²) in [5.41, 5.74) is 1.93. The Morgan fingerprint density at radius 1 is 0.882 bits per heavy atom. The van der Waals surface area contributed by atoms with Crippen molar-refractivity contribution in [3.8, 4) is 0 Å². The number of imide groups is 1. The maximum atomic E-state index is 13.2. The zero-order valence-corrected chi connectivity index (χ0v) is 19.2. The van der Waals surface area contributed by atoms with E-state index in [1.165, 1.54) is 11.1 Å². The highest BCUT2D eigenvalue weighted by atomic mass is 16.2. The highest BCUT2D eigenvalue weighted by molar-refractivity contribution is 6.09. The molecule has 2 N–H and O–H groups in total. The van der Waals surface area contributed by atoms with Crippen molar-refractivity contribution >= 4 is 17.8 Å². The fraction of sp³-hybridized carbons (Fsp3) is 0.250. The van der Waals surface area contributed by atoms with Crippen LogP contribution < -0.4 is 10.6 Å². The molecule has 1 aliphatic rings. The molecule has 0 spiro atoms. The molecule has 6 heteroatoms. The summed E-state index contributed by atoms with van der Waals surface area (Å²) in [4.78, 5) is 39.6. The average molecular weight is 456 g/mol. The normalized spacial score (nSPS) is 17.6. The number of nitrogens with zero attached hydrogens (tertiary/aromatic N) is 1. The molecule has 3 aromatic rings. The minimum absolute atomic E-state index is 0.130. The third-order valence-electron chi connectivity index (χ3n) is 6.43. The van der Waals surface area contributed by atoms with Crippen LogP contribution in [0.2, 0.25) is 0 Å². The van der Waals surface area contributed by atoms with Crippen LogP contribution in [0.3, 0.4) is 0 Å². The van der Waals surface area contributed by atoms with Crippen molar-refractivity contribution in [2.24, 2.45) is 0 Å². The highest BCUT2D eigenvalue weighted by Gasteiger charge is 2.51. The van der Waals surface area contributed by atoms with Gasteiger partial charge < -0.3 is 10.6 Å². The van der Waals surface area contributed by atoms with Crippen LogP contribution in [-0.2, 0) is 15.1 Å². The van der Waals surface area contributed by atoms with Crippen molar-refractivity contribution in [2.45, 2.75) is 31.2 Å². The second-order valence-corrected chi connectivity index (χ2v) is 8.46. The highest BCUT2D eigenvalue weighted by Crippen LogP contribution is 2.32. The number of hydrogen-bond donors (Lipinski definition) is 2. The topological polar surface area (TPSA) is 78.5 Å². The molecule has 1 fully saturated rings. The lowest BCUT2D eigenvalue weighted by Gasteiger charge is -2.25. The zero-order chi connectivity index (χ0) is 24.0. The summed E-state index contributed by atoms with van der Waals surface area (Å²) in [6, 6.07) is 28.9. The van der Waals surface area contributed by atoms with Gasteiger partial charge in [-0.15, -0.1) is 0 Å². The Labute approximate surface area is 200 Å². The molecular formula is C28H29N3O3. The fourth-order valence-electron chi connectivity index (χ4n) is 4.58. The molecule has 4 rings (SSSR count). The average Bonchev–Trinajstić information content (AvgIpc) is 3.13. The van der Waals surface area contributed by atoms with E-state index in [0.29, 0.717) is 24.9 Å². The molecule has 0 bridgehead atoms. The molecule has 0 aliphatic carbocycles. The van der Waals surface area contributed by atoms with E-state index < -0.39 is 17.5 Å². The number of carbonyl (C=O) groups is 3. The van der Waals surface area contributed by atoms with Gasteiger partial charge in [-0.05, 0) is 29.5 Å². The van der Waals surface area contributed by atoms with Crippen LogP contribution in [-0.4, -0.2) is 35.8 Å². The lowest BCUT2D eigenvalue weighted by molar-refractivity contribution is -0.135. The number of rotatable bonds is 9. The Morgan fingerprint density at radius 2 is 1.41 bits per heavy atom. The van der Waals surface area contributed by atoms with Gasteiger partial charge in [0.05, 0.1) is 0 Å². The lowest BCUT2D eigenvalue weighted by Crippen LogP contribution is -2.45. The van der Waals surface area contributed by atoms with Gasteiger partial charge >= 0.3 is 6.03 Å². The van der Waals surface area contributed by atoms with Crippen LogP contribution in [0, 0.1) is 0 Å². The summed E-state index contributed by atoms with van der Waals surface area (Å²) < 4.78 is 0. The Morgan fingerprint density at radius 3 is 1.94 bits per heavy atom. The standard InChI is InChI=1S/C28H29N3O3/c1-2-28(23-16-10-5-11-17-23)26(33)31(27(34)30-28)20-25(32)29-19-18-24(21-12-6-3-7-13-21)22-14-8-4-9-15-22/h3-17,24H,2,18-20H2,1H3,(H,29,32)(H,30,34). The first-order chi connectivity index (χ1) is 16.5. The first-order valence-corrected chi connectivity index (χ1v) is 11.6. The van der Waals surface area contributed by atoms with Gasteiger partial charge in [0.15, 0.2) is 0 Å². The van der Waals surface area contributed by atoms with Crippen molar-refractivity contribution in [3.05, 3.63) is 108 Å². The molecule has 1 atom stereocenters. The van der Waals surface area contributed by atoms with E-state index in [0.717, 1.165) is 4.90 Å². The molecular weight excluding hydrogens is 426 g/mol. The summed E-state index contributed by atoms with van der Waals surface area (Å²) in [7, 11) is 0. The van der Waals surface area contributed by atoms with E-state index in [9.17, 15) is 14.4 Å². The Balaban J connectivity index is 1.40. The van der Waals surface area contributed by atoms with Crippen LogP contribution in [0.4, 0.5) is 4.79 Å². The molecule has 0 aromatic heterocycles.